The van der Waals surface area contributed by atoms with Gasteiger partial charge in [0.2, 0.25) is 0 Å². The molecule has 0 aliphatic heterocycles. The van der Waals surface area contributed by atoms with Gasteiger partial charge in [0.1, 0.15) is 0 Å². The smallest absolute Gasteiger partial charge is 0.319 e. The molecule has 0 aliphatic rings. The molecule has 5 heteroatoms. The number of aryl methyl sites for hydroxylation is 1. The first kappa shape index (κ1) is 14.5. The number of ether oxygens (including phenoxy) is 2. The van der Waals surface area contributed by atoms with Gasteiger partial charge in [-0.3, -0.25) is 0 Å². The fraction of sp³-hybridized carbons (Fsp3) is 0.462. The summed E-state index contributed by atoms with van der Waals surface area (Å²) < 4.78 is 10.1. The van der Waals surface area contributed by atoms with Crippen molar-refractivity contribution < 1.29 is 14.3 Å². The summed E-state index contributed by atoms with van der Waals surface area (Å²) in [6, 6.07) is 7.04. The number of hydrogen-bond donors (Lipinski definition) is 2. The van der Waals surface area contributed by atoms with Crippen LogP contribution < -0.4 is 10.6 Å². The average Bonchev–Trinajstić information content (AvgIpc) is 2.33. The van der Waals surface area contributed by atoms with Crippen molar-refractivity contribution in [2.24, 2.45) is 0 Å². The van der Waals surface area contributed by atoms with Crippen LogP contribution in [-0.2, 0) is 9.47 Å². The van der Waals surface area contributed by atoms with Gasteiger partial charge in [-0.15, -0.1) is 0 Å². The number of carbonyl (C=O) groups excluding carboxylic acids is 1. The lowest BCUT2D eigenvalue weighted by Crippen LogP contribution is -2.44. The second kappa shape index (κ2) is 6.98. The monoisotopic (exact) mass is 252 g/mol. The summed E-state index contributed by atoms with van der Waals surface area (Å²) in [4.78, 5) is 11.7. The van der Waals surface area contributed by atoms with Gasteiger partial charge in [-0.2, -0.15) is 0 Å². The third-order valence-electron chi connectivity index (χ3n) is 2.54. The van der Waals surface area contributed by atoms with Gasteiger partial charge < -0.3 is 20.1 Å². The van der Waals surface area contributed by atoms with Crippen LogP contribution in [-0.4, -0.2) is 32.6 Å². The highest BCUT2D eigenvalue weighted by atomic mass is 16.7. The van der Waals surface area contributed by atoms with E-state index in [0.717, 1.165) is 11.3 Å². The number of hydrogen-bond acceptors (Lipinski definition) is 3. The number of methoxy groups -OCH3 is 2. The Balaban J connectivity index is 2.48. The molecule has 0 saturated heterocycles. The number of amides is 2. The molecule has 2 N–H and O–H groups in total. The van der Waals surface area contributed by atoms with E-state index in [1.807, 2.05) is 38.1 Å². The standard InChI is InChI=1S/C13H20N2O3/c1-9-5-7-11(8-6-9)15-13(16)14-10(2)12(17-3)18-4/h5-8,10,12H,1-4H3,(H2,14,15,16). The Kier molecular flexibility index (Phi) is 5.61. The zero-order valence-corrected chi connectivity index (χ0v) is 11.2. The first-order chi connectivity index (χ1) is 8.56. The summed E-state index contributed by atoms with van der Waals surface area (Å²) in [5, 5.41) is 5.49. The molecule has 1 aromatic rings. The van der Waals surface area contributed by atoms with Gasteiger partial charge in [0.05, 0.1) is 6.04 Å². The normalized spacial score (nSPS) is 12.3. The molecule has 5 nitrogen and oxygen atoms in total. The summed E-state index contributed by atoms with van der Waals surface area (Å²) in [6.07, 6.45) is -0.464. The lowest BCUT2D eigenvalue weighted by Gasteiger charge is -2.22. The Labute approximate surface area is 107 Å². The van der Waals surface area contributed by atoms with E-state index in [2.05, 4.69) is 10.6 Å². The van der Waals surface area contributed by atoms with Gasteiger partial charge in [-0.05, 0) is 26.0 Å². The van der Waals surface area contributed by atoms with E-state index in [4.69, 9.17) is 9.47 Å². The first-order valence-electron chi connectivity index (χ1n) is 5.76. The van der Waals surface area contributed by atoms with Crippen molar-refractivity contribution >= 4 is 11.7 Å². The topological polar surface area (TPSA) is 59.6 Å². The van der Waals surface area contributed by atoms with E-state index in [-0.39, 0.29) is 12.1 Å². The van der Waals surface area contributed by atoms with Crippen LogP contribution in [0.25, 0.3) is 0 Å². The van der Waals surface area contributed by atoms with Crippen LogP contribution >= 0.6 is 0 Å². The summed E-state index contributed by atoms with van der Waals surface area (Å²) >= 11 is 0. The molecule has 100 valence electrons. The van der Waals surface area contributed by atoms with Crippen molar-refractivity contribution in [1.82, 2.24) is 5.32 Å². The van der Waals surface area contributed by atoms with Crippen LogP contribution in [0, 0.1) is 6.92 Å². The highest BCUT2D eigenvalue weighted by Crippen LogP contribution is 2.08. The van der Waals surface area contributed by atoms with Gasteiger partial charge in [-0.1, -0.05) is 17.7 Å². The molecule has 0 radical (unpaired) electrons. The Hall–Kier alpha value is -1.59. The fourth-order valence-corrected chi connectivity index (χ4v) is 1.58. The zero-order chi connectivity index (χ0) is 13.5. The second-order valence-corrected chi connectivity index (χ2v) is 4.09. The van der Waals surface area contributed by atoms with E-state index in [1.54, 1.807) is 0 Å². The number of benzene rings is 1. The molecule has 1 atom stereocenters. The minimum atomic E-state index is -0.464. The van der Waals surface area contributed by atoms with Crippen molar-refractivity contribution in [2.45, 2.75) is 26.2 Å². The van der Waals surface area contributed by atoms with Crippen molar-refractivity contribution in [3.05, 3.63) is 29.8 Å². The number of carbonyl (C=O) groups is 1. The lowest BCUT2D eigenvalue weighted by atomic mass is 10.2. The van der Waals surface area contributed by atoms with Crippen LogP contribution in [0.1, 0.15) is 12.5 Å². The van der Waals surface area contributed by atoms with E-state index in [0.29, 0.717) is 0 Å². The number of rotatable bonds is 5. The third-order valence-corrected chi connectivity index (χ3v) is 2.54. The Morgan fingerprint density at radius 1 is 1.17 bits per heavy atom. The van der Waals surface area contributed by atoms with Crippen molar-refractivity contribution in [3.63, 3.8) is 0 Å². The summed E-state index contributed by atoms with van der Waals surface area (Å²) in [5.74, 6) is 0. The summed E-state index contributed by atoms with van der Waals surface area (Å²) in [5.41, 5.74) is 1.89. The van der Waals surface area contributed by atoms with E-state index < -0.39 is 6.29 Å². The quantitative estimate of drug-likeness (QED) is 0.789. The molecular formula is C13H20N2O3. The van der Waals surface area contributed by atoms with Crippen LogP contribution in [0.3, 0.4) is 0 Å². The maximum absolute atomic E-state index is 11.7. The van der Waals surface area contributed by atoms with Gasteiger partial charge in [-0.25, -0.2) is 4.79 Å². The molecule has 0 spiro atoms. The molecule has 1 rings (SSSR count). The molecule has 0 aromatic heterocycles. The second-order valence-electron chi connectivity index (χ2n) is 4.09. The Morgan fingerprint density at radius 2 is 1.72 bits per heavy atom. The predicted molar refractivity (Wildman–Crippen MR) is 70.6 cm³/mol. The minimum absolute atomic E-state index is 0.245. The van der Waals surface area contributed by atoms with Gasteiger partial charge in [0.25, 0.3) is 0 Å². The van der Waals surface area contributed by atoms with Gasteiger partial charge in [0, 0.05) is 19.9 Å². The molecule has 2 amide bonds. The maximum Gasteiger partial charge on any atom is 0.319 e. The SMILES string of the molecule is COC(OC)C(C)NC(=O)Nc1ccc(C)cc1. The van der Waals surface area contributed by atoms with Gasteiger partial charge in [0.15, 0.2) is 6.29 Å². The van der Waals surface area contributed by atoms with Crippen molar-refractivity contribution in [1.29, 1.82) is 0 Å². The predicted octanol–water partition coefficient (Wildman–Crippen LogP) is 2.12. The number of nitrogens with one attached hydrogen (secondary N) is 2. The molecule has 0 bridgehead atoms. The Bertz CT molecular complexity index is 374. The van der Waals surface area contributed by atoms with E-state index in [1.165, 1.54) is 14.2 Å². The molecule has 1 aromatic carbocycles. The van der Waals surface area contributed by atoms with E-state index in [9.17, 15) is 4.79 Å². The zero-order valence-electron chi connectivity index (χ0n) is 11.2. The highest BCUT2D eigenvalue weighted by Gasteiger charge is 2.17. The first-order valence-corrected chi connectivity index (χ1v) is 5.76. The third kappa shape index (κ3) is 4.35. The summed E-state index contributed by atoms with van der Waals surface area (Å²) in [7, 11) is 3.06. The van der Waals surface area contributed by atoms with Crippen LogP contribution in [0.15, 0.2) is 24.3 Å². The maximum atomic E-state index is 11.7. The molecule has 0 heterocycles. The highest BCUT2D eigenvalue weighted by molar-refractivity contribution is 5.89. The number of urea groups is 1. The minimum Gasteiger partial charge on any atom is -0.354 e. The molecular weight excluding hydrogens is 232 g/mol. The van der Waals surface area contributed by atoms with Gasteiger partial charge >= 0.3 is 6.03 Å². The van der Waals surface area contributed by atoms with E-state index >= 15 is 0 Å². The summed E-state index contributed by atoms with van der Waals surface area (Å²) in [6.45, 7) is 3.81. The van der Waals surface area contributed by atoms with Crippen LogP contribution in [0.5, 0.6) is 0 Å². The largest absolute Gasteiger partial charge is 0.354 e. The molecule has 18 heavy (non-hydrogen) atoms. The van der Waals surface area contributed by atoms with Crippen LogP contribution in [0.2, 0.25) is 0 Å². The average molecular weight is 252 g/mol. The fourth-order valence-electron chi connectivity index (χ4n) is 1.58. The van der Waals surface area contributed by atoms with Crippen molar-refractivity contribution in [2.75, 3.05) is 19.5 Å². The van der Waals surface area contributed by atoms with Crippen molar-refractivity contribution in [3.8, 4) is 0 Å². The molecule has 0 fully saturated rings. The lowest BCUT2D eigenvalue weighted by molar-refractivity contribution is -0.117. The molecule has 0 saturated carbocycles. The van der Waals surface area contributed by atoms with Crippen LogP contribution in [0.4, 0.5) is 10.5 Å². The molecule has 1 unspecified atom stereocenters. The molecule has 0 aliphatic carbocycles. The number of anilines is 1. The Morgan fingerprint density at radius 3 is 2.22 bits per heavy atom.